The van der Waals surface area contributed by atoms with E-state index in [9.17, 15) is 18.0 Å². The fourth-order valence-corrected chi connectivity index (χ4v) is 4.00. The molecule has 1 atom stereocenters. The minimum Gasteiger partial charge on any atom is -0.309 e. The first-order chi connectivity index (χ1) is 11.3. The summed E-state index contributed by atoms with van der Waals surface area (Å²) in [6.45, 7) is 1.85. The van der Waals surface area contributed by atoms with Gasteiger partial charge in [-0.2, -0.15) is 4.31 Å². The van der Waals surface area contributed by atoms with Gasteiger partial charge in [0.2, 0.25) is 10.0 Å². The zero-order valence-corrected chi connectivity index (χ0v) is 13.9. The van der Waals surface area contributed by atoms with Crippen molar-refractivity contribution in [1.82, 2.24) is 9.29 Å². The van der Waals surface area contributed by atoms with E-state index in [1.807, 2.05) is 6.92 Å². The van der Waals surface area contributed by atoms with Crippen LogP contribution in [0.3, 0.4) is 0 Å². The maximum absolute atomic E-state index is 12.6. The molecule has 1 aromatic carbocycles. The van der Waals surface area contributed by atoms with E-state index in [0.717, 1.165) is 9.87 Å². The summed E-state index contributed by atoms with van der Waals surface area (Å²) < 4.78 is 25.9. The maximum atomic E-state index is 12.6. The van der Waals surface area contributed by atoms with Crippen LogP contribution in [0, 0.1) is 6.92 Å². The second-order valence-electron chi connectivity index (χ2n) is 5.49. The van der Waals surface area contributed by atoms with Crippen LogP contribution in [0.4, 0.5) is 5.82 Å². The lowest BCUT2D eigenvalue weighted by Crippen LogP contribution is -2.53. The standard InChI is InChI=1S/C16H15N3O4S/c1-10-7-8-13(17-9-10)18-16(21)14-15(20)11-5-3-4-6-12(11)24(22,23)19(14)2/h3-9,14H,1-2H3,(H,17,18,21). The maximum Gasteiger partial charge on any atom is 0.251 e. The minimum atomic E-state index is -3.92. The fraction of sp³-hybridized carbons (Fsp3) is 0.188. The van der Waals surface area contributed by atoms with Crippen LogP contribution in [0.5, 0.6) is 0 Å². The summed E-state index contributed by atoms with van der Waals surface area (Å²) in [5, 5.41) is 2.49. The zero-order valence-electron chi connectivity index (χ0n) is 13.1. The lowest BCUT2D eigenvalue weighted by Gasteiger charge is -2.30. The highest BCUT2D eigenvalue weighted by Crippen LogP contribution is 2.29. The van der Waals surface area contributed by atoms with E-state index in [-0.39, 0.29) is 16.3 Å². The molecule has 1 N–H and O–H groups in total. The van der Waals surface area contributed by atoms with Gasteiger partial charge in [-0.05, 0) is 30.7 Å². The number of likely N-dealkylation sites (N-methyl/N-ethyl adjacent to an activating group) is 1. The van der Waals surface area contributed by atoms with Crippen molar-refractivity contribution in [3.8, 4) is 0 Å². The molecule has 7 nitrogen and oxygen atoms in total. The van der Waals surface area contributed by atoms with E-state index >= 15 is 0 Å². The van der Waals surface area contributed by atoms with Crippen molar-refractivity contribution in [3.05, 3.63) is 53.7 Å². The molecular weight excluding hydrogens is 330 g/mol. The smallest absolute Gasteiger partial charge is 0.251 e. The van der Waals surface area contributed by atoms with Gasteiger partial charge in [-0.15, -0.1) is 0 Å². The predicted octanol–water partition coefficient (Wildman–Crippen LogP) is 1.21. The number of ketones is 1. The average Bonchev–Trinajstić information content (AvgIpc) is 2.56. The van der Waals surface area contributed by atoms with Crippen LogP contribution in [0.15, 0.2) is 47.5 Å². The number of rotatable bonds is 2. The van der Waals surface area contributed by atoms with Crippen LogP contribution in [0.25, 0.3) is 0 Å². The number of carbonyl (C=O) groups excluding carboxylic acids is 2. The van der Waals surface area contributed by atoms with Crippen molar-refractivity contribution in [2.24, 2.45) is 0 Å². The SMILES string of the molecule is Cc1ccc(NC(=O)C2C(=O)c3ccccc3S(=O)(=O)N2C)nc1. The lowest BCUT2D eigenvalue weighted by atomic mass is 10.0. The number of hydrogen-bond acceptors (Lipinski definition) is 5. The molecule has 0 fully saturated rings. The van der Waals surface area contributed by atoms with Gasteiger partial charge >= 0.3 is 0 Å². The van der Waals surface area contributed by atoms with Crippen molar-refractivity contribution in [2.45, 2.75) is 17.9 Å². The second-order valence-corrected chi connectivity index (χ2v) is 7.46. The van der Waals surface area contributed by atoms with Gasteiger partial charge in [-0.3, -0.25) is 9.59 Å². The number of carbonyl (C=O) groups is 2. The molecule has 0 saturated heterocycles. The Kier molecular flexibility index (Phi) is 3.94. The van der Waals surface area contributed by atoms with E-state index in [2.05, 4.69) is 10.3 Å². The van der Waals surface area contributed by atoms with Crippen molar-refractivity contribution >= 4 is 27.5 Å². The number of Topliss-reactive ketones (excluding diaryl/α,β-unsaturated/α-hetero) is 1. The number of pyridine rings is 1. The minimum absolute atomic E-state index is 0.0209. The van der Waals surface area contributed by atoms with Crippen molar-refractivity contribution in [3.63, 3.8) is 0 Å². The first kappa shape index (κ1) is 16.3. The Bertz CT molecular complexity index is 923. The van der Waals surface area contributed by atoms with Crippen molar-refractivity contribution < 1.29 is 18.0 Å². The predicted molar refractivity (Wildman–Crippen MR) is 87.1 cm³/mol. The number of nitrogens with one attached hydrogen (secondary N) is 1. The van der Waals surface area contributed by atoms with Gasteiger partial charge in [0.1, 0.15) is 5.82 Å². The normalized spacial score (nSPS) is 19.6. The summed E-state index contributed by atoms with van der Waals surface area (Å²) in [6.07, 6.45) is 1.56. The van der Waals surface area contributed by atoms with Gasteiger partial charge < -0.3 is 5.32 Å². The van der Waals surface area contributed by atoms with Crippen LogP contribution >= 0.6 is 0 Å². The number of nitrogens with zero attached hydrogens (tertiary/aromatic N) is 2. The van der Waals surface area contributed by atoms with Gasteiger partial charge in [0.05, 0.1) is 4.90 Å². The molecule has 2 heterocycles. The van der Waals surface area contributed by atoms with Gasteiger partial charge in [0.15, 0.2) is 11.8 Å². The number of aromatic nitrogens is 1. The molecule has 1 aromatic heterocycles. The monoisotopic (exact) mass is 345 g/mol. The van der Waals surface area contributed by atoms with Crippen LogP contribution in [-0.2, 0) is 14.8 Å². The fourth-order valence-electron chi connectivity index (χ4n) is 2.52. The van der Waals surface area contributed by atoms with E-state index < -0.39 is 27.8 Å². The van der Waals surface area contributed by atoms with Crippen LogP contribution < -0.4 is 5.32 Å². The molecule has 0 spiro atoms. The molecule has 1 unspecified atom stereocenters. The first-order valence-corrected chi connectivity index (χ1v) is 8.61. The third-order valence-electron chi connectivity index (χ3n) is 3.83. The van der Waals surface area contributed by atoms with E-state index in [1.165, 1.54) is 25.2 Å². The zero-order chi connectivity index (χ0) is 17.5. The molecule has 2 aromatic rings. The molecule has 0 aliphatic carbocycles. The summed E-state index contributed by atoms with van der Waals surface area (Å²) in [5.74, 6) is -1.05. The molecule has 1 amide bonds. The molecule has 0 bridgehead atoms. The number of amides is 1. The van der Waals surface area contributed by atoms with Crippen molar-refractivity contribution in [1.29, 1.82) is 0 Å². The molecule has 0 radical (unpaired) electrons. The Balaban J connectivity index is 1.97. The molecule has 0 saturated carbocycles. The van der Waals surface area contributed by atoms with Gasteiger partial charge in [-0.25, -0.2) is 13.4 Å². The quantitative estimate of drug-likeness (QED) is 0.826. The van der Waals surface area contributed by atoms with Crippen LogP contribution in [0.2, 0.25) is 0 Å². The summed E-state index contributed by atoms with van der Waals surface area (Å²) in [7, 11) is -2.70. The Morgan fingerprint density at radius 2 is 1.92 bits per heavy atom. The summed E-state index contributed by atoms with van der Waals surface area (Å²) in [4.78, 5) is 29.1. The summed E-state index contributed by atoms with van der Waals surface area (Å²) in [6, 6.07) is 7.74. The highest BCUT2D eigenvalue weighted by Gasteiger charge is 2.45. The molecule has 8 heteroatoms. The van der Waals surface area contributed by atoms with E-state index in [1.54, 1.807) is 24.4 Å². The Labute approximate surface area is 139 Å². The summed E-state index contributed by atoms with van der Waals surface area (Å²) in [5.41, 5.74) is 0.933. The molecule has 24 heavy (non-hydrogen) atoms. The number of fused-ring (bicyclic) bond motifs is 1. The first-order valence-electron chi connectivity index (χ1n) is 7.17. The second kappa shape index (κ2) is 5.81. The molecule has 1 aliphatic heterocycles. The Hall–Kier alpha value is -2.58. The van der Waals surface area contributed by atoms with Gasteiger partial charge in [-0.1, -0.05) is 18.2 Å². The number of hydrogen-bond donors (Lipinski definition) is 1. The van der Waals surface area contributed by atoms with E-state index in [0.29, 0.717) is 0 Å². The number of benzene rings is 1. The number of aryl methyl sites for hydroxylation is 1. The van der Waals surface area contributed by atoms with Gasteiger partial charge in [0.25, 0.3) is 5.91 Å². The number of anilines is 1. The topological polar surface area (TPSA) is 96.4 Å². The molecule has 1 aliphatic rings. The van der Waals surface area contributed by atoms with Gasteiger partial charge in [0, 0.05) is 18.8 Å². The third-order valence-corrected chi connectivity index (χ3v) is 5.71. The van der Waals surface area contributed by atoms with Crippen LogP contribution in [0.1, 0.15) is 15.9 Å². The largest absolute Gasteiger partial charge is 0.309 e. The number of sulfonamides is 1. The molecule has 124 valence electrons. The lowest BCUT2D eigenvalue weighted by molar-refractivity contribution is -0.118. The van der Waals surface area contributed by atoms with Crippen molar-refractivity contribution in [2.75, 3.05) is 12.4 Å². The highest BCUT2D eigenvalue weighted by molar-refractivity contribution is 7.89. The molecule has 3 rings (SSSR count). The van der Waals surface area contributed by atoms with Crippen LogP contribution in [-0.4, -0.2) is 42.5 Å². The molecular formula is C16H15N3O4S. The Morgan fingerprint density at radius 1 is 1.21 bits per heavy atom. The van der Waals surface area contributed by atoms with E-state index in [4.69, 9.17) is 0 Å². The average molecular weight is 345 g/mol. The highest BCUT2D eigenvalue weighted by atomic mass is 32.2. The third kappa shape index (κ3) is 2.59. The Morgan fingerprint density at radius 3 is 2.58 bits per heavy atom. The summed E-state index contributed by atoms with van der Waals surface area (Å²) >= 11 is 0.